The van der Waals surface area contributed by atoms with Crippen LogP contribution in [0.1, 0.15) is 32.6 Å². The van der Waals surface area contributed by atoms with Crippen LogP contribution in [0.15, 0.2) is 35.3 Å². The van der Waals surface area contributed by atoms with Crippen molar-refractivity contribution in [3.63, 3.8) is 0 Å². The van der Waals surface area contributed by atoms with E-state index in [0.29, 0.717) is 18.8 Å². The number of nitrogens with zero attached hydrogens (tertiary/aromatic N) is 2. The van der Waals surface area contributed by atoms with Gasteiger partial charge in [-0.25, -0.2) is 4.98 Å². The van der Waals surface area contributed by atoms with Crippen LogP contribution < -0.4 is 10.9 Å². The van der Waals surface area contributed by atoms with Crippen molar-refractivity contribution < 1.29 is 9.53 Å². The van der Waals surface area contributed by atoms with Gasteiger partial charge in [0.2, 0.25) is 0 Å². The fourth-order valence-electron chi connectivity index (χ4n) is 3.66. The molecular weight excluding hydrogens is 318 g/mol. The maximum Gasteiger partial charge on any atom is 0.312 e. The fraction of sp³-hybridized carbons (Fsp3) is 0.526. The number of esters is 1. The Morgan fingerprint density at radius 1 is 1.32 bits per heavy atom. The molecule has 1 aliphatic rings. The summed E-state index contributed by atoms with van der Waals surface area (Å²) in [6, 6.07) is 7.19. The van der Waals surface area contributed by atoms with Crippen LogP contribution >= 0.6 is 0 Å². The van der Waals surface area contributed by atoms with Crippen LogP contribution in [0.25, 0.3) is 11.0 Å². The summed E-state index contributed by atoms with van der Waals surface area (Å²) >= 11 is 0. The molecule has 0 bridgehead atoms. The van der Waals surface area contributed by atoms with Gasteiger partial charge in [-0.2, -0.15) is 0 Å². The first-order valence-corrected chi connectivity index (χ1v) is 8.99. The van der Waals surface area contributed by atoms with Crippen molar-refractivity contribution in [1.82, 2.24) is 14.9 Å². The first kappa shape index (κ1) is 17.6. The molecule has 0 aliphatic carbocycles. The third-order valence-electron chi connectivity index (χ3n) is 5.05. The Balaban J connectivity index is 1.76. The summed E-state index contributed by atoms with van der Waals surface area (Å²) in [5.41, 5.74) is 0.218. The predicted molar refractivity (Wildman–Crippen MR) is 96.4 cm³/mol. The Kier molecular flexibility index (Phi) is 5.48. The lowest BCUT2D eigenvalue weighted by Gasteiger charge is -2.35. The zero-order valence-electron chi connectivity index (χ0n) is 14.7. The summed E-state index contributed by atoms with van der Waals surface area (Å²) in [4.78, 5) is 29.1. The molecule has 1 fully saturated rings. The minimum Gasteiger partial charge on any atom is -0.466 e. The zero-order chi connectivity index (χ0) is 17.7. The predicted octanol–water partition coefficient (Wildman–Crippen LogP) is 2.11. The van der Waals surface area contributed by atoms with Gasteiger partial charge in [0.1, 0.15) is 5.65 Å². The number of aryl methyl sites for hydroxylation is 1. The van der Waals surface area contributed by atoms with Gasteiger partial charge in [0.15, 0.2) is 0 Å². The van der Waals surface area contributed by atoms with E-state index >= 15 is 0 Å². The van der Waals surface area contributed by atoms with E-state index in [-0.39, 0.29) is 11.5 Å². The van der Waals surface area contributed by atoms with E-state index in [4.69, 9.17) is 4.74 Å². The number of hydrogen-bond acceptors (Lipinski definition) is 5. The molecule has 1 N–H and O–H groups in total. The number of piperidine rings is 1. The molecule has 0 spiro atoms. The second-order valence-corrected chi connectivity index (χ2v) is 6.59. The maximum absolute atomic E-state index is 12.5. The molecule has 3 heterocycles. The summed E-state index contributed by atoms with van der Waals surface area (Å²) in [7, 11) is 0. The van der Waals surface area contributed by atoms with E-state index in [2.05, 4.69) is 10.3 Å². The molecule has 3 rings (SSSR count). The first-order valence-electron chi connectivity index (χ1n) is 8.99. The van der Waals surface area contributed by atoms with E-state index in [1.165, 1.54) is 0 Å². The van der Waals surface area contributed by atoms with E-state index in [0.717, 1.165) is 44.2 Å². The van der Waals surface area contributed by atoms with E-state index in [1.54, 1.807) is 22.9 Å². The number of nitrogens with one attached hydrogen (secondary N) is 1. The highest BCUT2D eigenvalue weighted by Gasteiger charge is 2.40. The molecule has 6 heteroatoms. The lowest BCUT2D eigenvalue weighted by atomic mass is 9.75. The molecule has 0 saturated carbocycles. The standard InChI is InChI=1S/C19H25N3O3/c1-2-25-18(24)19(9-12-20-13-10-19)8-4-14-22-16(23)7-6-15-5-3-11-21-17(15)22/h3,5-7,11,20H,2,4,8-10,12-14H2,1H3. The highest BCUT2D eigenvalue weighted by Crippen LogP contribution is 2.35. The monoisotopic (exact) mass is 343 g/mol. The molecule has 25 heavy (non-hydrogen) atoms. The van der Waals surface area contributed by atoms with Gasteiger partial charge in [-0.1, -0.05) is 0 Å². The highest BCUT2D eigenvalue weighted by molar-refractivity contribution is 5.77. The van der Waals surface area contributed by atoms with Crippen molar-refractivity contribution in [2.24, 2.45) is 5.41 Å². The largest absolute Gasteiger partial charge is 0.466 e. The zero-order valence-corrected chi connectivity index (χ0v) is 14.7. The summed E-state index contributed by atoms with van der Waals surface area (Å²) in [6.45, 7) is 4.46. The molecule has 0 amide bonds. The first-order chi connectivity index (χ1) is 12.2. The molecule has 0 atom stereocenters. The average molecular weight is 343 g/mol. The molecule has 6 nitrogen and oxygen atoms in total. The van der Waals surface area contributed by atoms with Gasteiger partial charge in [-0.05, 0) is 63.9 Å². The van der Waals surface area contributed by atoms with Gasteiger partial charge < -0.3 is 10.1 Å². The van der Waals surface area contributed by atoms with Crippen LogP contribution in [0, 0.1) is 5.41 Å². The van der Waals surface area contributed by atoms with Crippen LogP contribution in [-0.4, -0.2) is 35.2 Å². The number of carbonyl (C=O) groups is 1. The maximum atomic E-state index is 12.5. The van der Waals surface area contributed by atoms with Crippen LogP contribution in [-0.2, 0) is 16.1 Å². The van der Waals surface area contributed by atoms with Crippen molar-refractivity contribution in [2.75, 3.05) is 19.7 Å². The van der Waals surface area contributed by atoms with Crippen LogP contribution in [0.5, 0.6) is 0 Å². The molecule has 1 saturated heterocycles. The van der Waals surface area contributed by atoms with Crippen molar-refractivity contribution in [3.05, 3.63) is 40.8 Å². The third-order valence-corrected chi connectivity index (χ3v) is 5.05. The van der Waals surface area contributed by atoms with Crippen molar-refractivity contribution in [2.45, 2.75) is 39.2 Å². The topological polar surface area (TPSA) is 73.2 Å². The number of aromatic nitrogens is 2. The van der Waals surface area contributed by atoms with Crippen LogP contribution in [0.3, 0.4) is 0 Å². The minimum absolute atomic E-state index is 0.0540. The Labute approximate surface area is 147 Å². The Hall–Kier alpha value is -2.21. The minimum atomic E-state index is -0.428. The SMILES string of the molecule is CCOC(=O)C1(CCCn2c(=O)ccc3cccnc32)CCNCC1. The number of pyridine rings is 2. The third kappa shape index (κ3) is 3.74. The number of fused-ring (bicyclic) bond motifs is 1. The Morgan fingerprint density at radius 2 is 2.12 bits per heavy atom. The highest BCUT2D eigenvalue weighted by atomic mass is 16.5. The van der Waals surface area contributed by atoms with E-state index < -0.39 is 5.41 Å². The Morgan fingerprint density at radius 3 is 2.88 bits per heavy atom. The van der Waals surface area contributed by atoms with Gasteiger partial charge in [0.25, 0.3) is 5.56 Å². The van der Waals surface area contributed by atoms with Crippen molar-refractivity contribution >= 4 is 17.0 Å². The molecular formula is C19H25N3O3. The Bertz CT molecular complexity index is 794. The lowest BCUT2D eigenvalue weighted by molar-refractivity contribution is -0.157. The second-order valence-electron chi connectivity index (χ2n) is 6.59. The van der Waals surface area contributed by atoms with Gasteiger partial charge in [0.05, 0.1) is 12.0 Å². The van der Waals surface area contributed by atoms with Gasteiger partial charge in [0, 0.05) is 24.2 Å². The molecule has 2 aromatic heterocycles. The molecule has 134 valence electrons. The normalized spacial score (nSPS) is 16.7. The van der Waals surface area contributed by atoms with Crippen molar-refractivity contribution in [3.8, 4) is 0 Å². The second kappa shape index (κ2) is 7.78. The van der Waals surface area contributed by atoms with E-state index in [1.807, 2.05) is 19.1 Å². The van der Waals surface area contributed by atoms with E-state index in [9.17, 15) is 9.59 Å². The van der Waals surface area contributed by atoms with Crippen LogP contribution in [0.4, 0.5) is 0 Å². The average Bonchev–Trinajstić information content (AvgIpc) is 2.64. The van der Waals surface area contributed by atoms with Crippen LogP contribution in [0.2, 0.25) is 0 Å². The smallest absolute Gasteiger partial charge is 0.312 e. The summed E-state index contributed by atoms with van der Waals surface area (Å²) in [5.74, 6) is -0.0973. The number of ether oxygens (including phenoxy) is 1. The van der Waals surface area contributed by atoms with Gasteiger partial charge in [-0.15, -0.1) is 0 Å². The van der Waals surface area contributed by atoms with Gasteiger partial charge >= 0.3 is 5.97 Å². The van der Waals surface area contributed by atoms with Crippen molar-refractivity contribution in [1.29, 1.82) is 0 Å². The molecule has 0 aromatic carbocycles. The number of carbonyl (C=O) groups excluding carboxylic acids is 1. The molecule has 0 radical (unpaired) electrons. The number of hydrogen-bond donors (Lipinski definition) is 1. The summed E-state index contributed by atoms with van der Waals surface area (Å²) < 4.78 is 7.04. The van der Waals surface area contributed by atoms with Gasteiger partial charge in [-0.3, -0.25) is 14.2 Å². The lowest BCUT2D eigenvalue weighted by Crippen LogP contribution is -2.43. The quantitative estimate of drug-likeness (QED) is 0.813. The number of rotatable bonds is 6. The molecule has 1 aliphatic heterocycles. The summed E-state index contributed by atoms with van der Waals surface area (Å²) in [6.07, 6.45) is 4.74. The summed E-state index contributed by atoms with van der Waals surface area (Å²) in [5, 5.41) is 4.25. The molecule has 0 unspecified atom stereocenters. The molecule has 2 aromatic rings. The fourth-order valence-corrected chi connectivity index (χ4v) is 3.66.